The van der Waals surface area contributed by atoms with Crippen molar-refractivity contribution in [2.75, 3.05) is 39.5 Å². The Kier molecular flexibility index (Phi) is 11.8. The molecule has 4 aromatic rings. The van der Waals surface area contributed by atoms with Gasteiger partial charge >= 0.3 is 6.18 Å². The first-order chi connectivity index (χ1) is 22.7. The lowest BCUT2D eigenvalue weighted by Gasteiger charge is -2.17. The van der Waals surface area contributed by atoms with Crippen LogP contribution in [0.1, 0.15) is 57.9 Å². The number of aromatic amines is 1. The predicted molar refractivity (Wildman–Crippen MR) is 179 cm³/mol. The third-order valence-corrected chi connectivity index (χ3v) is 8.67. The Morgan fingerprint density at radius 3 is 2.36 bits per heavy atom. The molecule has 0 saturated heterocycles. The number of nitrogens with one attached hydrogen (secondary N) is 1. The highest BCUT2D eigenvalue weighted by Crippen LogP contribution is 2.40. The molecule has 1 aliphatic carbocycles. The van der Waals surface area contributed by atoms with E-state index in [1.165, 1.54) is 25.0 Å². The van der Waals surface area contributed by atoms with E-state index in [0.717, 1.165) is 50.5 Å². The molecule has 0 aliphatic heterocycles. The number of H-pyrrole nitrogens is 1. The van der Waals surface area contributed by atoms with Gasteiger partial charge in [0.05, 0.1) is 41.5 Å². The van der Waals surface area contributed by atoms with E-state index in [4.69, 9.17) is 35.5 Å². The van der Waals surface area contributed by atoms with Crippen molar-refractivity contribution in [3.05, 3.63) is 66.0 Å². The monoisotopic (exact) mass is 672 g/mol. The van der Waals surface area contributed by atoms with Crippen LogP contribution < -0.4 is 18.9 Å². The molecule has 0 bridgehead atoms. The van der Waals surface area contributed by atoms with Crippen LogP contribution in [0.25, 0.3) is 22.4 Å². The topological polar surface area (TPSA) is 68.8 Å². The summed E-state index contributed by atoms with van der Waals surface area (Å²) in [5, 5.41) is -0.391. The number of benzene rings is 3. The number of alkyl halides is 3. The van der Waals surface area contributed by atoms with E-state index in [1.807, 2.05) is 12.1 Å². The molecule has 253 valence electrons. The standard InChI is InChI=1S/C36H42ClF3N3O4/c1-4-17-45-33-22-27(44-18-9-16-43(5-2)6-3)20-31-34(33)42-35(41-31)28-14-12-26(21-32(28)46-23-24-10-7-8-11-24)47-25-13-15-30(37)29(19-25)36(38,39)40/h12-15,19-22,24H,1,4-11,16-18,23H2,2-3H3,(H,41,42). The van der Waals surface area contributed by atoms with E-state index in [9.17, 15) is 13.2 Å². The van der Waals surface area contributed by atoms with Crippen molar-refractivity contribution in [3.63, 3.8) is 0 Å². The minimum absolute atomic E-state index is 0.0109. The molecule has 1 aliphatic rings. The number of halogens is 4. The van der Waals surface area contributed by atoms with Gasteiger partial charge in [0, 0.05) is 24.7 Å². The summed E-state index contributed by atoms with van der Waals surface area (Å²) in [4.78, 5) is 10.7. The lowest BCUT2D eigenvalue weighted by atomic mass is 10.1. The largest absolute Gasteiger partial charge is 0.493 e. The van der Waals surface area contributed by atoms with Crippen molar-refractivity contribution in [2.45, 2.75) is 58.5 Å². The highest BCUT2D eigenvalue weighted by molar-refractivity contribution is 6.31. The maximum Gasteiger partial charge on any atom is 0.417 e. The summed E-state index contributed by atoms with van der Waals surface area (Å²) < 4.78 is 64.8. The normalized spacial score (nSPS) is 13.9. The van der Waals surface area contributed by atoms with E-state index in [1.54, 1.807) is 18.2 Å². The summed E-state index contributed by atoms with van der Waals surface area (Å²) >= 11 is 5.81. The number of rotatable bonds is 16. The molecule has 1 saturated carbocycles. The van der Waals surface area contributed by atoms with Crippen LogP contribution in [0.2, 0.25) is 5.02 Å². The Morgan fingerprint density at radius 2 is 1.64 bits per heavy atom. The second-order valence-corrected chi connectivity index (χ2v) is 12.1. The summed E-state index contributed by atoms with van der Waals surface area (Å²) in [5.74, 6) is 3.08. The van der Waals surface area contributed by atoms with Gasteiger partial charge in [0.1, 0.15) is 34.3 Å². The number of ether oxygens (including phenoxy) is 4. The van der Waals surface area contributed by atoms with Crippen LogP contribution in [0.5, 0.6) is 28.7 Å². The van der Waals surface area contributed by atoms with E-state index < -0.39 is 16.8 Å². The molecule has 0 atom stereocenters. The van der Waals surface area contributed by atoms with Gasteiger partial charge in [-0.3, -0.25) is 0 Å². The van der Waals surface area contributed by atoms with Crippen molar-refractivity contribution < 1.29 is 32.1 Å². The fraction of sp³-hybridized carbons (Fsp3) is 0.444. The van der Waals surface area contributed by atoms with Crippen LogP contribution in [-0.2, 0) is 6.18 Å². The molecule has 0 amide bonds. The molecular formula is C36H42ClF3N3O4. The Balaban J connectivity index is 1.44. The minimum Gasteiger partial charge on any atom is -0.493 e. The Labute approximate surface area is 279 Å². The van der Waals surface area contributed by atoms with E-state index in [2.05, 4.69) is 30.7 Å². The predicted octanol–water partition coefficient (Wildman–Crippen LogP) is 9.98. The molecule has 11 heteroatoms. The molecule has 7 nitrogen and oxygen atoms in total. The molecule has 0 unspecified atom stereocenters. The lowest BCUT2D eigenvalue weighted by molar-refractivity contribution is -0.137. The van der Waals surface area contributed by atoms with Gasteiger partial charge in [-0.25, -0.2) is 4.98 Å². The zero-order chi connectivity index (χ0) is 33.4. The first kappa shape index (κ1) is 34.7. The summed E-state index contributed by atoms with van der Waals surface area (Å²) in [6.07, 6.45) is 1.39. The highest BCUT2D eigenvalue weighted by Gasteiger charge is 2.33. The van der Waals surface area contributed by atoms with Crippen molar-refractivity contribution in [3.8, 4) is 40.1 Å². The first-order valence-corrected chi connectivity index (χ1v) is 16.7. The summed E-state index contributed by atoms with van der Waals surface area (Å²) in [5.41, 5.74) is 1.11. The van der Waals surface area contributed by atoms with Gasteiger partial charge in [-0.2, -0.15) is 13.2 Å². The second-order valence-electron chi connectivity index (χ2n) is 11.7. The molecule has 1 aromatic heterocycles. The van der Waals surface area contributed by atoms with Crippen LogP contribution in [0.3, 0.4) is 0 Å². The molecule has 1 heterocycles. The van der Waals surface area contributed by atoms with Crippen LogP contribution in [0.15, 0.2) is 48.5 Å². The highest BCUT2D eigenvalue weighted by atomic mass is 35.5. The zero-order valence-electron chi connectivity index (χ0n) is 26.9. The Hall–Kier alpha value is -3.63. The number of hydrogen-bond acceptors (Lipinski definition) is 6. The minimum atomic E-state index is -4.61. The van der Waals surface area contributed by atoms with Crippen molar-refractivity contribution in [2.24, 2.45) is 5.92 Å². The van der Waals surface area contributed by atoms with Crippen molar-refractivity contribution in [1.82, 2.24) is 14.9 Å². The maximum absolute atomic E-state index is 13.5. The van der Waals surface area contributed by atoms with Gasteiger partial charge < -0.3 is 28.8 Å². The van der Waals surface area contributed by atoms with Crippen molar-refractivity contribution in [1.29, 1.82) is 0 Å². The molecular weight excluding hydrogens is 631 g/mol. The second kappa shape index (κ2) is 16.0. The molecule has 0 spiro atoms. The van der Waals surface area contributed by atoms with Crippen molar-refractivity contribution >= 4 is 22.6 Å². The molecule has 5 rings (SSSR count). The molecule has 3 aromatic carbocycles. The van der Waals surface area contributed by atoms with Crippen LogP contribution in [0, 0.1) is 12.8 Å². The Morgan fingerprint density at radius 1 is 0.915 bits per heavy atom. The van der Waals surface area contributed by atoms with Gasteiger partial charge in [0.2, 0.25) is 0 Å². The Bertz CT molecular complexity index is 1620. The van der Waals surface area contributed by atoms with E-state index in [0.29, 0.717) is 72.1 Å². The van der Waals surface area contributed by atoms with Gasteiger partial charge in [-0.05, 0) is 81.9 Å². The average molecular weight is 673 g/mol. The first-order valence-electron chi connectivity index (χ1n) is 16.3. The zero-order valence-corrected chi connectivity index (χ0v) is 27.7. The van der Waals surface area contributed by atoms with Crippen LogP contribution in [-0.4, -0.2) is 54.3 Å². The summed E-state index contributed by atoms with van der Waals surface area (Å²) in [6, 6.07) is 12.4. The number of fused-ring (bicyclic) bond motifs is 1. The fourth-order valence-corrected chi connectivity index (χ4v) is 5.99. The third kappa shape index (κ3) is 9.05. The quantitative estimate of drug-likeness (QED) is 0.120. The SMILES string of the molecule is [CH2]CCOc1cc(OCCCN(CC)CC)cc2[nH]c(-c3ccc(Oc4ccc(Cl)c(C(F)(F)F)c4)cc3OCC3CCCC3)nc12. The van der Waals surface area contributed by atoms with Gasteiger partial charge in [0.15, 0.2) is 5.75 Å². The number of imidazole rings is 1. The molecule has 1 fully saturated rings. The van der Waals surface area contributed by atoms with Gasteiger partial charge in [-0.1, -0.05) is 38.3 Å². The summed E-state index contributed by atoms with van der Waals surface area (Å²) in [6.45, 7) is 12.7. The average Bonchev–Trinajstić information content (AvgIpc) is 3.74. The number of nitrogens with zero attached hydrogens (tertiary/aromatic N) is 2. The third-order valence-electron chi connectivity index (χ3n) is 8.35. The van der Waals surface area contributed by atoms with Crippen LogP contribution in [0.4, 0.5) is 13.2 Å². The maximum atomic E-state index is 13.5. The molecule has 47 heavy (non-hydrogen) atoms. The van der Waals surface area contributed by atoms with Crippen LogP contribution >= 0.6 is 11.6 Å². The number of aromatic nitrogens is 2. The van der Waals surface area contributed by atoms with E-state index >= 15 is 0 Å². The lowest BCUT2D eigenvalue weighted by Crippen LogP contribution is -2.25. The summed E-state index contributed by atoms with van der Waals surface area (Å²) in [7, 11) is 0. The van der Waals surface area contributed by atoms with Gasteiger partial charge in [0.25, 0.3) is 0 Å². The van der Waals surface area contributed by atoms with Gasteiger partial charge in [-0.15, -0.1) is 0 Å². The fourth-order valence-electron chi connectivity index (χ4n) is 5.77. The molecule has 1 radical (unpaired) electrons. The smallest absolute Gasteiger partial charge is 0.417 e. The number of hydrogen-bond donors (Lipinski definition) is 1. The van der Waals surface area contributed by atoms with E-state index in [-0.39, 0.29) is 5.75 Å². The molecule has 1 N–H and O–H groups in total.